The van der Waals surface area contributed by atoms with Crippen molar-refractivity contribution in [1.29, 1.82) is 0 Å². The van der Waals surface area contributed by atoms with E-state index >= 15 is 0 Å². The molecule has 1 N–H and O–H groups in total. The van der Waals surface area contributed by atoms with Gasteiger partial charge in [0.15, 0.2) is 0 Å². The van der Waals surface area contributed by atoms with Crippen LogP contribution >= 0.6 is 0 Å². The van der Waals surface area contributed by atoms with Gasteiger partial charge in [0.05, 0.1) is 7.11 Å². The Hall–Kier alpha value is -1.97. The summed E-state index contributed by atoms with van der Waals surface area (Å²) in [5.41, 5.74) is 3.13. The van der Waals surface area contributed by atoms with E-state index in [2.05, 4.69) is 10.5 Å². The molecule has 0 saturated heterocycles. The van der Waals surface area contributed by atoms with Crippen LogP contribution in [0.5, 0.6) is 5.75 Å². The van der Waals surface area contributed by atoms with Crippen molar-refractivity contribution >= 4 is 5.88 Å². The van der Waals surface area contributed by atoms with E-state index < -0.39 is 0 Å². The lowest BCUT2D eigenvalue weighted by molar-refractivity contribution is 0.414. The molecule has 0 atom stereocenters. The Morgan fingerprint density at radius 1 is 1.41 bits per heavy atom. The average molecular weight is 230 g/mol. The van der Waals surface area contributed by atoms with Gasteiger partial charge in [0, 0.05) is 17.7 Å². The lowest BCUT2D eigenvalue weighted by Gasteiger charge is -2.11. The zero-order valence-electron chi connectivity index (χ0n) is 9.69. The molecule has 2 heterocycles. The van der Waals surface area contributed by atoms with Gasteiger partial charge in [0.2, 0.25) is 5.88 Å². The minimum absolute atomic E-state index is 0.814. The van der Waals surface area contributed by atoms with Gasteiger partial charge in [-0.15, -0.1) is 0 Å². The highest BCUT2D eigenvalue weighted by molar-refractivity contribution is 5.69. The number of methoxy groups -OCH3 is 1. The van der Waals surface area contributed by atoms with Gasteiger partial charge in [-0.05, 0) is 25.0 Å². The summed E-state index contributed by atoms with van der Waals surface area (Å²) in [5.74, 6) is 1.65. The van der Waals surface area contributed by atoms with Gasteiger partial charge in [-0.2, -0.15) is 0 Å². The molecule has 0 spiro atoms. The molecule has 4 nitrogen and oxygen atoms in total. The number of aromatic nitrogens is 1. The fraction of sp³-hybridized carbons (Fsp3) is 0.308. The molecule has 0 unspecified atom stereocenters. The topological polar surface area (TPSA) is 47.3 Å². The number of nitrogens with zero attached hydrogens (tertiary/aromatic N) is 1. The Morgan fingerprint density at radius 3 is 3.24 bits per heavy atom. The standard InChI is InChI=1S/C13H14N2O2/c1-16-10-5-2-4-9(8-10)12-11-6-3-7-14-13(11)17-15-12/h2,4-5,8,14H,3,6-7H2,1H3. The number of hydrogen-bond acceptors (Lipinski definition) is 4. The Labute approximate surface area is 99.6 Å². The second kappa shape index (κ2) is 4.13. The van der Waals surface area contributed by atoms with Crippen LogP contribution < -0.4 is 10.1 Å². The van der Waals surface area contributed by atoms with Crippen LogP contribution in [0.4, 0.5) is 5.88 Å². The second-order valence-electron chi connectivity index (χ2n) is 4.10. The number of rotatable bonds is 2. The molecule has 1 aliphatic rings. The highest BCUT2D eigenvalue weighted by atomic mass is 16.5. The maximum Gasteiger partial charge on any atom is 0.228 e. The third-order valence-electron chi connectivity index (χ3n) is 3.02. The zero-order valence-corrected chi connectivity index (χ0v) is 9.69. The predicted molar refractivity (Wildman–Crippen MR) is 65.3 cm³/mol. The molecule has 88 valence electrons. The molecule has 0 amide bonds. The normalized spacial score (nSPS) is 13.9. The summed E-state index contributed by atoms with van der Waals surface area (Å²) in [5, 5.41) is 7.37. The Morgan fingerprint density at radius 2 is 2.35 bits per heavy atom. The summed E-state index contributed by atoms with van der Waals surface area (Å²) < 4.78 is 10.5. The van der Waals surface area contributed by atoms with Crippen LogP contribution in [0.25, 0.3) is 11.3 Å². The van der Waals surface area contributed by atoms with Crippen molar-refractivity contribution in [2.75, 3.05) is 19.0 Å². The van der Waals surface area contributed by atoms with E-state index in [1.807, 2.05) is 24.3 Å². The lowest BCUT2D eigenvalue weighted by atomic mass is 10.0. The van der Waals surface area contributed by atoms with Crippen molar-refractivity contribution in [1.82, 2.24) is 5.16 Å². The number of benzene rings is 1. The first-order valence-electron chi connectivity index (χ1n) is 5.75. The molecular weight excluding hydrogens is 216 g/mol. The van der Waals surface area contributed by atoms with Gasteiger partial charge in [-0.1, -0.05) is 17.3 Å². The van der Waals surface area contributed by atoms with E-state index in [0.717, 1.165) is 42.3 Å². The number of fused-ring (bicyclic) bond motifs is 1. The Balaban J connectivity index is 2.05. The molecule has 1 aromatic carbocycles. The molecule has 17 heavy (non-hydrogen) atoms. The first kappa shape index (κ1) is 10.2. The quantitative estimate of drug-likeness (QED) is 0.861. The second-order valence-corrected chi connectivity index (χ2v) is 4.10. The molecule has 1 aliphatic heterocycles. The summed E-state index contributed by atoms with van der Waals surface area (Å²) in [7, 11) is 1.67. The van der Waals surface area contributed by atoms with Crippen LogP contribution in [0.1, 0.15) is 12.0 Å². The first-order valence-corrected chi connectivity index (χ1v) is 5.75. The van der Waals surface area contributed by atoms with Gasteiger partial charge in [-0.3, -0.25) is 0 Å². The van der Waals surface area contributed by atoms with Gasteiger partial charge < -0.3 is 14.6 Å². The monoisotopic (exact) mass is 230 g/mol. The fourth-order valence-electron chi connectivity index (χ4n) is 2.14. The molecule has 0 saturated carbocycles. The minimum atomic E-state index is 0.814. The molecule has 2 aromatic rings. The third kappa shape index (κ3) is 1.75. The summed E-state index contributed by atoms with van der Waals surface area (Å²) in [6.45, 7) is 0.958. The zero-order chi connectivity index (χ0) is 11.7. The lowest BCUT2D eigenvalue weighted by Crippen LogP contribution is -2.09. The minimum Gasteiger partial charge on any atom is -0.497 e. The van der Waals surface area contributed by atoms with Crippen LogP contribution in [0, 0.1) is 0 Å². The van der Waals surface area contributed by atoms with E-state index in [4.69, 9.17) is 9.26 Å². The van der Waals surface area contributed by atoms with Gasteiger partial charge in [0.25, 0.3) is 0 Å². The molecule has 0 aliphatic carbocycles. The SMILES string of the molecule is COc1cccc(-c2noc3c2CCCN3)c1. The number of ether oxygens (including phenoxy) is 1. The van der Waals surface area contributed by atoms with Gasteiger partial charge >= 0.3 is 0 Å². The molecule has 0 bridgehead atoms. The van der Waals surface area contributed by atoms with Crippen molar-refractivity contribution in [2.45, 2.75) is 12.8 Å². The van der Waals surface area contributed by atoms with E-state index in [9.17, 15) is 0 Å². The van der Waals surface area contributed by atoms with E-state index in [1.165, 1.54) is 5.56 Å². The molecule has 3 rings (SSSR count). The molecule has 1 aromatic heterocycles. The summed E-state index contributed by atoms with van der Waals surface area (Å²) in [6.07, 6.45) is 2.13. The highest BCUT2D eigenvalue weighted by Gasteiger charge is 2.20. The van der Waals surface area contributed by atoms with Crippen molar-refractivity contribution < 1.29 is 9.26 Å². The van der Waals surface area contributed by atoms with Crippen LogP contribution in [-0.2, 0) is 6.42 Å². The molecule has 0 radical (unpaired) electrons. The maximum absolute atomic E-state index is 5.31. The maximum atomic E-state index is 5.31. The summed E-state index contributed by atoms with van der Waals surface area (Å²) in [6, 6.07) is 7.89. The fourth-order valence-corrected chi connectivity index (χ4v) is 2.14. The van der Waals surface area contributed by atoms with E-state index in [-0.39, 0.29) is 0 Å². The van der Waals surface area contributed by atoms with Crippen molar-refractivity contribution in [2.24, 2.45) is 0 Å². The van der Waals surface area contributed by atoms with Crippen LogP contribution in [0.2, 0.25) is 0 Å². The third-order valence-corrected chi connectivity index (χ3v) is 3.02. The van der Waals surface area contributed by atoms with Crippen LogP contribution in [0.3, 0.4) is 0 Å². The van der Waals surface area contributed by atoms with E-state index in [1.54, 1.807) is 7.11 Å². The van der Waals surface area contributed by atoms with Crippen LogP contribution in [-0.4, -0.2) is 18.8 Å². The summed E-state index contributed by atoms with van der Waals surface area (Å²) >= 11 is 0. The smallest absolute Gasteiger partial charge is 0.228 e. The van der Waals surface area contributed by atoms with Crippen molar-refractivity contribution in [3.05, 3.63) is 29.8 Å². The van der Waals surface area contributed by atoms with Gasteiger partial charge in [-0.25, -0.2) is 0 Å². The predicted octanol–water partition coefficient (Wildman–Crippen LogP) is 2.71. The van der Waals surface area contributed by atoms with Gasteiger partial charge in [0.1, 0.15) is 11.4 Å². The van der Waals surface area contributed by atoms with E-state index in [0.29, 0.717) is 0 Å². The number of hydrogen-bond donors (Lipinski definition) is 1. The van der Waals surface area contributed by atoms with Crippen molar-refractivity contribution in [3.63, 3.8) is 0 Å². The Kier molecular flexibility index (Phi) is 2.48. The highest BCUT2D eigenvalue weighted by Crippen LogP contribution is 2.33. The van der Waals surface area contributed by atoms with Crippen molar-refractivity contribution in [3.8, 4) is 17.0 Å². The Bertz CT molecular complexity index is 534. The summed E-state index contributed by atoms with van der Waals surface area (Å²) in [4.78, 5) is 0. The number of nitrogens with one attached hydrogen (secondary N) is 1. The molecule has 0 fully saturated rings. The molecular formula is C13H14N2O2. The average Bonchev–Trinajstić information content (AvgIpc) is 2.82. The number of anilines is 1. The van der Waals surface area contributed by atoms with Crippen LogP contribution in [0.15, 0.2) is 28.8 Å². The molecule has 4 heteroatoms. The largest absolute Gasteiger partial charge is 0.497 e. The first-order chi connectivity index (χ1) is 8.38.